The zero-order valence-electron chi connectivity index (χ0n) is 8.75. The Morgan fingerprint density at radius 2 is 2.60 bits per heavy atom. The van der Waals surface area contributed by atoms with Crippen LogP contribution in [0.2, 0.25) is 0 Å². The van der Waals surface area contributed by atoms with Crippen molar-refractivity contribution < 1.29 is 4.79 Å². The third-order valence-electron chi connectivity index (χ3n) is 2.80. The van der Waals surface area contributed by atoms with Gasteiger partial charge in [0.1, 0.15) is 0 Å². The first kappa shape index (κ1) is 10.6. The molecule has 1 atom stereocenters. The van der Waals surface area contributed by atoms with Crippen molar-refractivity contribution in [1.29, 1.82) is 0 Å². The minimum absolute atomic E-state index is 0.0738. The molecule has 1 aromatic heterocycles. The smallest absolute Gasteiger partial charge is 0.233 e. The summed E-state index contributed by atoms with van der Waals surface area (Å²) in [6.45, 7) is 3.77. The average Bonchev–Trinajstić information content (AvgIpc) is 2.71. The standard InChI is InChI=1S/C10H15N3OS/c1-10(3-2-4-11-7-10)8(14)13-9-12-5-6-15-9/h5-6,11H,2-4,7H2,1H3,(H,12,13,14)/t10-/m0/s1. The van der Waals surface area contributed by atoms with Gasteiger partial charge in [-0.2, -0.15) is 0 Å². The molecule has 4 nitrogen and oxygen atoms in total. The summed E-state index contributed by atoms with van der Waals surface area (Å²) in [6.07, 6.45) is 3.70. The second-order valence-corrected chi connectivity index (χ2v) is 5.03. The molecular formula is C10H15N3OS. The van der Waals surface area contributed by atoms with Crippen LogP contribution in [0.5, 0.6) is 0 Å². The Balaban J connectivity index is 2.00. The topological polar surface area (TPSA) is 54.0 Å². The Kier molecular flexibility index (Phi) is 3.02. The van der Waals surface area contributed by atoms with Gasteiger partial charge >= 0.3 is 0 Å². The number of piperidine rings is 1. The lowest BCUT2D eigenvalue weighted by molar-refractivity contribution is -0.125. The third kappa shape index (κ3) is 2.35. The molecule has 2 rings (SSSR count). The number of carbonyl (C=O) groups is 1. The van der Waals surface area contributed by atoms with Crippen LogP contribution in [0, 0.1) is 5.41 Å². The number of carbonyl (C=O) groups excluding carboxylic acids is 1. The summed E-state index contributed by atoms with van der Waals surface area (Å²) in [7, 11) is 0. The fourth-order valence-electron chi connectivity index (χ4n) is 1.78. The van der Waals surface area contributed by atoms with Crippen LogP contribution >= 0.6 is 11.3 Å². The summed E-state index contributed by atoms with van der Waals surface area (Å²) in [6, 6.07) is 0. The molecule has 0 spiro atoms. The van der Waals surface area contributed by atoms with E-state index < -0.39 is 0 Å². The summed E-state index contributed by atoms with van der Waals surface area (Å²) >= 11 is 1.45. The van der Waals surface area contributed by atoms with E-state index in [4.69, 9.17) is 0 Å². The summed E-state index contributed by atoms with van der Waals surface area (Å²) in [5.41, 5.74) is -0.288. The van der Waals surface area contributed by atoms with Crippen LogP contribution in [-0.2, 0) is 4.79 Å². The molecule has 0 unspecified atom stereocenters. The minimum atomic E-state index is -0.288. The van der Waals surface area contributed by atoms with Crippen molar-refractivity contribution in [3.63, 3.8) is 0 Å². The lowest BCUT2D eigenvalue weighted by Crippen LogP contribution is -2.46. The number of aromatic nitrogens is 1. The summed E-state index contributed by atoms with van der Waals surface area (Å²) in [5.74, 6) is 0.0738. The van der Waals surface area contributed by atoms with Crippen LogP contribution in [0.1, 0.15) is 19.8 Å². The molecule has 1 aliphatic heterocycles. The fourth-order valence-corrected chi connectivity index (χ4v) is 2.31. The summed E-state index contributed by atoms with van der Waals surface area (Å²) in [4.78, 5) is 16.1. The fraction of sp³-hybridized carbons (Fsp3) is 0.600. The van der Waals surface area contributed by atoms with Gasteiger partial charge in [-0.3, -0.25) is 4.79 Å². The molecule has 5 heteroatoms. The predicted molar refractivity (Wildman–Crippen MR) is 61.0 cm³/mol. The Morgan fingerprint density at radius 1 is 1.73 bits per heavy atom. The summed E-state index contributed by atoms with van der Waals surface area (Å²) < 4.78 is 0. The number of nitrogens with zero attached hydrogens (tertiary/aromatic N) is 1. The summed E-state index contributed by atoms with van der Waals surface area (Å²) in [5, 5.41) is 8.66. The average molecular weight is 225 g/mol. The van der Waals surface area contributed by atoms with Gasteiger partial charge in [-0.15, -0.1) is 11.3 Å². The zero-order valence-corrected chi connectivity index (χ0v) is 9.56. The first-order valence-corrected chi connectivity index (χ1v) is 6.00. The van der Waals surface area contributed by atoms with Crippen molar-refractivity contribution in [1.82, 2.24) is 10.3 Å². The lowest BCUT2D eigenvalue weighted by atomic mass is 9.82. The third-order valence-corrected chi connectivity index (χ3v) is 3.49. The first-order chi connectivity index (χ1) is 7.21. The van der Waals surface area contributed by atoms with Crippen molar-refractivity contribution in [2.24, 2.45) is 5.41 Å². The molecule has 1 aromatic rings. The highest BCUT2D eigenvalue weighted by molar-refractivity contribution is 7.13. The Bertz CT molecular complexity index is 330. The van der Waals surface area contributed by atoms with Crippen molar-refractivity contribution in [2.45, 2.75) is 19.8 Å². The SMILES string of the molecule is C[C@]1(C(=O)Nc2nccs2)CCCNC1. The van der Waals surface area contributed by atoms with Gasteiger partial charge in [-0.05, 0) is 26.3 Å². The van der Waals surface area contributed by atoms with Gasteiger partial charge in [0.15, 0.2) is 5.13 Å². The van der Waals surface area contributed by atoms with E-state index in [1.54, 1.807) is 6.20 Å². The zero-order chi connectivity index (χ0) is 10.7. The number of amides is 1. The molecule has 2 heterocycles. The van der Waals surface area contributed by atoms with E-state index in [0.717, 1.165) is 25.9 Å². The lowest BCUT2D eigenvalue weighted by Gasteiger charge is -2.32. The number of thiazole rings is 1. The van der Waals surface area contributed by atoms with Crippen LogP contribution < -0.4 is 10.6 Å². The molecule has 1 amide bonds. The van der Waals surface area contributed by atoms with E-state index in [9.17, 15) is 4.79 Å². The molecule has 15 heavy (non-hydrogen) atoms. The van der Waals surface area contributed by atoms with Gasteiger partial charge in [0, 0.05) is 18.1 Å². The monoisotopic (exact) mass is 225 g/mol. The maximum atomic E-state index is 12.0. The van der Waals surface area contributed by atoms with Gasteiger partial charge in [0.05, 0.1) is 5.41 Å². The predicted octanol–water partition coefficient (Wildman–Crippen LogP) is 1.47. The Morgan fingerprint density at radius 3 is 3.20 bits per heavy atom. The van der Waals surface area contributed by atoms with E-state index in [-0.39, 0.29) is 11.3 Å². The van der Waals surface area contributed by atoms with E-state index in [0.29, 0.717) is 5.13 Å². The van der Waals surface area contributed by atoms with Crippen LogP contribution in [0.15, 0.2) is 11.6 Å². The van der Waals surface area contributed by atoms with Gasteiger partial charge in [0.2, 0.25) is 5.91 Å². The van der Waals surface area contributed by atoms with Gasteiger partial charge in [-0.1, -0.05) is 0 Å². The molecule has 0 saturated carbocycles. The Hall–Kier alpha value is -0.940. The molecular weight excluding hydrogens is 210 g/mol. The van der Waals surface area contributed by atoms with Crippen molar-refractivity contribution in [2.75, 3.05) is 18.4 Å². The largest absolute Gasteiger partial charge is 0.316 e. The van der Waals surface area contributed by atoms with Crippen molar-refractivity contribution in [3.05, 3.63) is 11.6 Å². The minimum Gasteiger partial charge on any atom is -0.316 e. The van der Waals surface area contributed by atoms with Crippen LogP contribution in [-0.4, -0.2) is 24.0 Å². The number of nitrogens with one attached hydrogen (secondary N) is 2. The number of hydrogen-bond acceptors (Lipinski definition) is 4. The van der Waals surface area contributed by atoms with E-state index in [2.05, 4.69) is 15.6 Å². The highest BCUT2D eigenvalue weighted by Gasteiger charge is 2.34. The van der Waals surface area contributed by atoms with Crippen LogP contribution in [0.3, 0.4) is 0 Å². The molecule has 0 radical (unpaired) electrons. The molecule has 82 valence electrons. The number of rotatable bonds is 2. The van der Waals surface area contributed by atoms with E-state index in [1.807, 2.05) is 12.3 Å². The molecule has 1 aliphatic rings. The second kappa shape index (κ2) is 4.28. The molecule has 0 aromatic carbocycles. The van der Waals surface area contributed by atoms with E-state index >= 15 is 0 Å². The van der Waals surface area contributed by atoms with Gasteiger partial charge in [0.25, 0.3) is 0 Å². The molecule has 1 saturated heterocycles. The Labute approximate surface area is 93.1 Å². The highest BCUT2D eigenvalue weighted by Crippen LogP contribution is 2.27. The molecule has 1 fully saturated rings. The van der Waals surface area contributed by atoms with Crippen molar-refractivity contribution in [3.8, 4) is 0 Å². The van der Waals surface area contributed by atoms with Gasteiger partial charge in [-0.25, -0.2) is 4.98 Å². The maximum Gasteiger partial charge on any atom is 0.233 e. The highest BCUT2D eigenvalue weighted by atomic mass is 32.1. The molecule has 0 bridgehead atoms. The second-order valence-electron chi connectivity index (χ2n) is 4.13. The first-order valence-electron chi connectivity index (χ1n) is 5.12. The number of anilines is 1. The van der Waals surface area contributed by atoms with Gasteiger partial charge < -0.3 is 10.6 Å². The normalized spacial score (nSPS) is 26.2. The number of hydrogen-bond donors (Lipinski definition) is 2. The molecule has 2 N–H and O–H groups in total. The van der Waals surface area contributed by atoms with Crippen molar-refractivity contribution >= 4 is 22.4 Å². The maximum absolute atomic E-state index is 12.0. The molecule has 0 aliphatic carbocycles. The quantitative estimate of drug-likeness (QED) is 0.801. The van der Waals surface area contributed by atoms with E-state index in [1.165, 1.54) is 11.3 Å². The van der Waals surface area contributed by atoms with Crippen LogP contribution in [0.25, 0.3) is 0 Å². The van der Waals surface area contributed by atoms with Crippen LogP contribution in [0.4, 0.5) is 5.13 Å².